The van der Waals surface area contributed by atoms with E-state index in [1.165, 1.54) is 19.3 Å². The molecule has 0 aliphatic heterocycles. The lowest BCUT2D eigenvalue weighted by atomic mass is 9.50. The summed E-state index contributed by atoms with van der Waals surface area (Å²) in [6.07, 6.45) is 7.28. The van der Waals surface area contributed by atoms with E-state index in [-0.39, 0.29) is 0 Å². The summed E-state index contributed by atoms with van der Waals surface area (Å²) in [5.74, 6) is 0.848. The van der Waals surface area contributed by atoms with Crippen molar-refractivity contribution in [2.24, 2.45) is 5.41 Å². The molecule has 0 aromatic carbocycles. The Morgan fingerprint density at radius 1 is 1.44 bits per heavy atom. The fourth-order valence-corrected chi connectivity index (χ4v) is 3.59. The van der Waals surface area contributed by atoms with Gasteiger partial charge in [0.05, 0.1) is 6.10 Å². The van der Waals surface area contributed by atoms with Crippen LogP contribution < -0.4 is 4.90 Å². The summed E-state index contributed by atoms with van der Waals surface area (Å²) >= 11 is 0. The topological polar surface area (TPSA) is 38.2 Å². The largest absolute Gasteiger partial charge is 0.381 e. The van der Waals surface area contributed by atoms with Gasteiger partial charge < -0.3 is 9.64 Å². The van der Waals surface area contributed by atoms with Crippen molar-refractivity contribution in [3.8, 4) is 0 Å². The van der Waals surface area contributed by atoms with Crippen molar-refractivity contribution >= 4 is 5.95 Å². The van der Waals surface area contributed by atoms with Gasteiger partial charge in [-0.1, -0.05) is 6.42 Å². The van der Waals surface area contributed by atoms with Crippen LogP contribution in [0.1, 0.15) is 31.4 Å². The number of hydrogen-bond donors (Lipinski definition) is 0. The van der Waals surface area contributed by atoms with Crippen LogP contribution in [-0.2, 0) is 4.74 Å². The summed E-state index contributed by atoms with van der Waals surface area (Å²) < 4.78 is 5.62. The van der Waals surface area contributed by atoms with E-state index >= 15 is 0 Å². The molecule has 2 aliphatic rings. The Morgan fingerprint density at radius 2 is 2.22 bits per heavy atom. The van der Waals surface area contributed by atoms with Gasteiger partial charge in [-0.3, -0.25) is 0 Å². The van der Waals surface area contributed by atoms with Crippen LogP contribution in [0.3, 0.4) is 0 Å². The zero-order valence-corrected chi connectivity index (χ0v) is 11.4. The predicted molar refractivity (Wildman–Crippen MR) is 70.7 cm³/mol. The van der Waals surface area contributed by atoms with Gasteiger partial charge in [0.2, 0.25) is 5.95 Å². The summed E-state index contributed by atoms with van der Waals surface area (Å²) in [6.45, 7) is 2.01. The molecule has 1 heterocycles. The van der Waals surface area contributed by atoms with Crippen molar-refractivity contribution in [3.05, 3.63) is 18.0 Å². The highest BCUT2D eigenvalue weighted by Gasteiger charge is 2.60. The van der Waals surface area contributed by atoms with Gasteiger partial charge in [0.15, 0.2) is 0 Å². The third-order valence-corrected chi connectivity index (χ3v) is 4.88. The number of nitrogens with zero attached hydrogens (tertiary/aromatic N) is 3. The van der Waals surface area contributed by atoms with E-state index < -0.39 is 0 Å². The Hall–Kier alpha value is -1.16. The first-order chi connectivity index (χ1) is 8.67. The fraction of sp³-hybridized carbons (Fsp3) is 0.714. The molecule has 1 spiro atoms. The van der Waals surface area contributed by atoms with Crippen molar-refractivity contribution in [1.82, 2.24) is 9.97 Å². The van der Waals surface area contributed by atoms with Gasteiger partial charge >= 0.3 is 0 Å². The first kappa shape index (κ1) is 11.9. The number of hydrogen-bond acceptors (Lipinski definition) is 4. The molecule has 0 amide bonds. The maximum Gasteiger partial charge on any atom is 0.225 e. The van der Waals surface area contributed by atoms with Crippen LogP contribution in [0.2, 0.25) is 0 Å². The van der Waals surface area contributed by atoms with Gasteiger partial charge in [-0.25, -0.2) is 9.97 Å². The fourth-order valence-electron chi connectivity index (χ4n) is 3.59. The molecule has 18 heavy (non-hydrogen) atoms. The summed E-state index contributed by atoms with van der Waals surface area (Å²) in [7, 11) is 3.95. The Balaban J connectivity index is 1.80. The van der Waals surface area contributed by atoms with Crippen LogP contribution in [-0.4, -0.2) is 36.3 Å². The molecule has 4 nitrogen and oxygen atoms in total. The van der Waals surface area contributed by atoms with Crippen LogP contribution in [0.25, 0.3) is 0 Å². The zero-order valence-electron chi connectivity index (χ0n) is 11.4. The molecular formula is C14H21N3O. The second kappa shape index (κ2) is 4.19. The first-order valence-electron chi connectivity index (χ1n) is 6.72. The van der Waals surface area contributed by atoms with Gasteiger partial charge in [0, 0.05) is 37.5 Å². The standard InChI is InChI=1S/C14H21N3O/c1-10-5-8-15-13(16-10)17(2)11-9-12(18-3)14(11)6-4-7-14/h5,8,11-12H,4,6-7,9H2,1-3H3. The predicted octanol–water partition coefficient (Wildman–Crippen LogP) is 2.18. The highest BCUT2D eigenvalue weighted by Crippen LogP contribution is 2.58. The highest BCUT2D eigenvalue weighted by molar-refractivity contribution is 5.35. The second-order valence-corrected chi connectivity index (χ2v) is 5.67. The normalized spacial score (nSPS) is 28.6. The molecule has 1 aromatic heterocycles. The average molecular weight is 247 g/mol. The summed E-state index contributed by atoms with van der Waals surface area (Å²) in [5, 5.41) is 0. The van der Waals surface area contributed by atoms with E-state index in [2.05, 4.69) is 21.9 Å². The summed E-state index contributed by atoms with van der Waals surface area (Å²) in [4.78, 5) is 11.2. The van der Waals surface area contributed by atoms with E-state index in [1.807, 2.05) is 26.3 Å². The molecule has 2 atom stereocenters. The van der Waals surface area contributed by atoms with E-state index in [1.54, 1.807) is 0 Å². The molecule has 4 heteroatoms. The number of methoxy groups -OCH3 is 1. The molecule has 0 N–H and O–H groups in total. The van der Waals surface area contributed by atoms with Crippen LogP contribution in [0, 0.1) is 12.3 Å². The lowest BCUT2D eigenvalue weighted by molar-refractivity contribution is -0.152. The lowest BCUT2D eigenvalue weighted by Gasteiger charge is -2.62. The van der Waals surface area contributed by atoms with Gasteiger partial charge in [-0.15, -0.1) is 0 Å². The van der Waals surface area contributed by atoms with Crippen LogP contribution in [0.5, 0.6) is 0 Å². The number of aryl methyl sites for hydroxylation is 1. The van der Waals surface area contributed by atoms with Crippen molar-refractivity contribution in [2.75, 3.05) is 19.1 Å². The van der Waals surface area contributed by atoms with E-state index in [9.17, 15) is 0 Å². The molecule has 0 saturated heterocycles. The van der Waals surface area contributed by atoms with Crippen molar-refractivity contribution < 1.29 is 4.74 Å². The van der Waals surface area contributed by atoms with Gasteiger partial charge in [0.25, 0.3) is 0 Å². The lowest BCUT2D eigenvalue weighted by Crippen LogP contribution is -2.67. The summed E-state index contributed by atoms with van der Waals surface area (Å²) in [6, 6.07) is 2.48. The van der Waals surface area contributed by atoms with Gasteiger partial charge in [0.1, 0.15) is 0 Å². The molecule has 0 radical (unpaired) electrons. The third kappa shape index (κ3) is 1.55. The van der Waals surface area contributed by atoms with E-state index in [4.69, 9.17) is 4.74 Å². The van der Waals surface area contributed by atoms with Crippen molar-refractivity contribution in [1.29, 1.82) is 0 Å². The van der Waals surface area contributed by atoms with E-state index in [0.717, 1.165) is 18.1 Å². The Bertz CT molecular complexity index is 444. The molecule has 1 aromatic rings. The number of ether oxygens (including phenoxy) is 1. The molecule has 2 aliphatic carbocycles. The molecule has 2 saturated carbocycles. The SMILES string of the molecule is COC1CC(N(C)c2nccc(C)n2)C12CCC2. The van der Waals surface area contributed by atoms with Crippen LogP contribution >= 0.6 is 0 Å². The molecule has 3 rings (SSSR count). The monoisotopic (exact) mass is 247 g/mol. The zero-order chi connectivity index (χ0) is 12.8. The van der Waals surface area contributed by atoms with E-state index in [0.29, 0.717) is 17.6 Å². The smallest absolute Gasteiger partial charge is 0.225 e. The minimum Gasteiger partial charge on any atom is -0.381 e. The Labute approximate surface area is 108 Å². The van der Waals surface area contributed by atoms with Crippen LogP contribution in [0.4, 0.5) is 5.95 Å². The molecule has 0 bridgehead atoms. The van der Waals surface area contributed by atoms with Crippen molar-refractivity contribution in [2.45, 2.75) is 44.8 Å². The Kier molecular flexibility index (Phi) is 2.77. The summed E-state index contributed by atoms with van der Waals surface area (Å²) in [5.41, 5.74) is 1.40. The molecule has 98 valence electrons. The minimum atomic E-state index is 0.372. The van der Waals surface area contributed by atoms with Gasteiger partial charge in [-0.05, 0) is 32.3 Å². The third-order valence-electron chi connectivity index (χ3n) is 4.88. The first-order valence-corrected chi connectivity index (χ1v) is 6.72. The minimum absolute atomic E-state index is 0.372. The van der Waals surface area contributed by atoms with Gasteiger partial charge in [-0.2, -0.15) is 0 Å². The second-order valence-electron chi connectivity index (χ2n) is 5.67. The van der Waals surface area contributed by atoms with Crippen LogP contribution in [0.15, 0.2) is 12.3 Å². The maximum atomic E-state index is 5.62. The Morgan fingerprint density at radius 3 is 2.78 bits per heavy atom. The maximum absolute atomic E-state index is 5.62. The van der Waals surface area contributed by atoms with Crippen molar-refractivity contribution in [3.63, 3.8) is 0 Å². The number of anilines is 1. The molecular weight excluding hydrogens is 226 g/mol. The average Bonchev–Trinajstić information content (AvgIpc) is 2.26. The quantitative estimate of drug-likeness (QED) is 0.820. The highest BCUT2D eigenvalue weighted by atomic mass is 16.5. The number of rotatable bonds is 3. The number of aromatic nitrogens is 2. The molecule has 2 unspecified atom stereocenters. The molecule has 2 fully saturated rings.